The van der Waals surface area contributed by atoms with Gasteiger partial charge in [0.15, 0.2) is 12.6 Å². The Kier molecular flexibility index (Phi) is 3.24. The smallest absolute Gasteiger partial charge is 0.299 e. The highest BCUT2D eigenvalue weighted by atomic mass is 32.3. The summed E-state index contributed by atoms with van der Waals surface area (Å²) in [6.45, 7) is -2.19. The third kappa shape index (κ3) is 6.05. The summed E-state index contributed by atoms with van der Waals surface area (Å²) in [5.74, 6) is -1.84. The topological polar surface area (TPSA) is 43.4 Å². The van der Waals surface area contributed by atoms with Gasteiger partial charge in [0.25, 0.3) is 0 Å². The average molecular weight is 196 g/mol. The van der Waals surface area contributed by atoms with Crippen LogP contribution in [-0.2, 0) is 15.0 Å². The minimum atomic E-state index is -5.14. The summed E-state index contributed by atoms with van der Waals surface area (Å²) in [4.78, 5) is 0. The van der Waals surface area contributed by atoms with Gasteiger partial charge < -0.3 is 0 Å². The molecule has 68 valence electrons. The van der Waals surface area contributed by atoms with Crippen molar-refractivity contribution in [2.24, 2.45) is 0 Å². The number of hydrogen-bond acceptors (Lipinski definition) is 3. The summed E-state index contributed by atoms with van der Waals surface area (Å²) in [6, 6.07) is 0. The molecule has 0 spiro atoms. The molecule has 0 unspecified atom stereocenters. The van der Waals surface area contributed by atoms with E-state index in [1.54, 1.807) is 0 Å². The van der Waals surface area contributed by atoms with Gasteiger partial charge in [0.2, 0.25) is 0 Å². The Labute approximate surface area is 60.2 Å². The molecule has 0 heterocycles. The Morgan fingerprint density at radius 1 is 1.36 bits per heavy atom. The largest absolute Gasteiger partial charge is 0.385 e. The Hall–Kier alpha value is -0.370. The third-order valence-corrected chi connectivity index (χ3v) is 0.966. The van der Waals surface area contributed by atoms with Crippen molar-refractivity contribution in [3.63, 3.8) is 0 Å². The molecule has 0 bridgehead atoms. The zero-order valence-electron chi connectivity index (χ0n) is 5.06. The summed E-state index contributed by atoms with van der Waals surface area (Å²) >= 11 is 0. The first-order valence-electron chi connectivity index (χ1n) is 2.27. The highest BCUT2D eigenvalue weighted by Gasteiger charge is 2.32. The van der Waals surface area contributed by atoms with Crippen LogP contribution in [0.25, 0.3) is 0 Å². The van der Waals surface area contributed by atoms with Crippen LogP contribution in [0.5, 0.6) is 0 Å². The van der Waals surface area contributed by atoms with Crippen LogP contribution in [0.4, 0.5) is 17.1 Å². The predicted octanol–water partition coefficient (Wildman–Crippen LogP) is 0.822. The summed E-state index contributed by atoms with van der Waals surface area (Å²) < 4.78 is 68.1. The SMILES string of the molecule is O=S(=O)(F)COC(F)(F)CF. The highest BCUT2D eigenvalue weighted by Crippen LogP contribution is 2.16. The fraction of sp³-hybridized carbons (Fsp3) is 1.00. The highest BCUT2D eigenvalue weighted by molar-refractivity contribution is 7.86. The second-order valence-corrected chi connectivity index (χ2v) is 2.89. The molecule has 0 rings (SSSR count). The normalized spacial score (nSPS) is 13.5. The van der Waals surface area contributed by atoms with Crippen molar-refractivity contribution in [3.8, 4) is 0 Å². The molecule has 0 radical (unpaired) electrons. The summed E-state index contributed by atoms with van der Waals surface area (Å²) in [5.41, 5.74) is 0. The second kappa shape index (κ2) is 3.35. The van der Waals surface area contributed by atoms with Crippen molar-refractivity contribution in [3.05, 3.63) is 0 Å². The molecular formula is C3H4F4O3S. The molecule has 3 nitrogen and oxygen atoms in total. The van der Waals surface area contributed by atoms with Crippen molar-refractivity contribution < 1.29 is 30.2 Å². The monoisotopic (exact) mass is 196 g/mol. The van der Waals surface area contributed by atoms with Crippen LogP contribution in [0.1, 0.15) is 0 Å². The summed E-state index contributed by atoms with van der Waals surface area (Å²) in [7, 11) is -5.14. The Balaban J connectivity index is 3.90. The van der Waals surface area contributed by atoms with E-state index in [9.17, 15) is 25.5 Å². The van der Waals surface area contributed by atoms with E-state index in [1.165, 1.54) is 0 Å². The van der Waals surface area contributed by atoms with E-state index in [-0.39, 0.29) is 0 Å². The van der Waals surface area contributed by atoms with Crippen molar-refractivity contribution in [2.45, 2.75) is 6.11 Å². The predicted molar refractivity (Wildman–Crippen MR) is 26.9 cm³/mol. The fourth-order valence-corrected chi connectivity index (χ4v) is 0.508. The van der Waals surface area contributed by atoms with E-state index in [0.29, 0.717) is 0 Å². The van der Waals surface area contributed by atoms with Crippen LogP contribution >= 0.6 is 0 Å². The molecule has 11 heavy (non-hydrogen) atoms. The Bertz CT molecular complexity index is 211. The zero-order chi connectivity index (χ0) is 9.12. The number of hydrogen-bond donors (Lipinski definition) is 0. The van der Waals surface area contributed by atoms with Crippen molar-refractivity contribution in [1.29, 1.82) is 0 Å². The van der Waals surface area contributed by atoms with E-state index in [4.69, 9.17) is 0 Å². The molecule has 0 aromatic rings. The Morgan fingerprint density at radius 2 is 1.82 bits per heavy atom. The van der Waals surface area contributed by atoms with Crippen LogP contribution in [-0.4, -0.2) is 27.1 Å². The van der Waals surface area contributed by atoms with Crippen molar-refractivity contribution in [2.75, 3.05) is 12.6 Å². The van der Waals surface area contributed by atoms with Gasteiger partial charge in [-0.3, -0.25) is 4.74 Å². The lowest BCUT2D eigenvalue weighted by atomic mass is 10.7. The van der Waals surface area contributed by atoms with Gasteiger partial charge in [0.05, 0.1) is 0 Å². The van der Waals surface area contributed by atoms with Gasteiger partial charge in [-0.2, -0.15) is 17.2 Å². The number of alkyl halides is 3. The lowest BCUT2D eigenvalue weighted by Gasteiger charge is -2.09. The molecule has 8 heteroatoms. The van der Waals surface area contributed by atoms with Crippen LogP contribution in [0.3, 0.4) is 0 Å². The maximum atomic E-state index is 11.7. The van der Waals surface area contributed by atoms with Gasteiger partial charge in [-0.15, -0.1) is 3.89 Å². The molecule has 0 atom stereocenters. The molecule has 0 saturated carbocycles. The summed E-state index contributed by atoms with van der Waals surface area (Å²) in [6.07, 6.45) is -4.24. The van der Waals surface area contributed by atoms with Gasteiger partial charge in [0.1, 0.15) is 0 Å². The van der Waals surface area contributed by atoms with Crippen molar-refractivity contribution in [1.82, 2.24) is 0 Å². The van der Waals surface area contributed by atoms with Crippen LogP contribution in [0.2, 0.25) is 0 Å². The molecule has 0 aliphatic heterocycles. The Morgan fingerprint density at radius 3 is 2.09 bits per heavy atom. The minimum absolute atomic E-state index is 1.84. The average Bonchev–Trinajstić information content (AvgIpc) is 1.83. The molecule has 0 aliphatic carbocycles. The van der Waals surface area contributed by atoms with Crippen LogP contribution in [0.15, 0.2) is 0 Å². The number of halogens is 4. The minimum Gasteiger partial charge on any atom is -0.299 e. The fourth-order valence-electron chi connectivity index (χ4n) is 0.195. The molecular weight excluding hydrogens is 192 g/mol. The van der Waals surface area contributed by atoms with E-state index < -0.39 is 28.9 Å². The van der Waals surface area contributed by atoms with Gasteiger partial charge in [-0.1, -0.05) is 0 Å². The molecule has 0 aromatic carbocycles. The van der Waals surface area contributed by atoms with Gasteiger partial charge in [0, 0.05) is 0 Å². The molecule has 0 N–H and O–H groups in total. The molecule has 0 aliphatic rings. The van der Waals surface area contributed by atoms with Crippen LogP contribution < -0.4 is 0 Å². The maximum absolute atomic E-state index is 11.7. The second-order valence-electron chi connectivity index (χ2n) is 1.57. The molecule has 0 amide bonds. The summed E-state index contributed by atoms with van der Waals surface area (Å²) in [5, 5.41) is 0. The quantitative estimate of drug-likeness (QED) is 0.494. The van der Waals surface area contributed by atoms with Gasteiger partial charge in [-0.25, -0.2) is 4.39 Å². The van der Waals surface area contributed by atoms with Gasteiger partial charge in [-0.05, 0) is 0 Å². The first-order valence-corrected chi connectivity index (χ1v) is 3.82. The number of ether oxygens (including phenoxy) is 1. The van der Waals surface area contributed by atoms with Gasteiger partial charge >= 0.3 is 16.3 Å². The number of rotatable bonds is 4. The first-order chi connectivity index (χ1) is 4.77. The van der Waals surface area contributed by atoms with Crippen LogP contribution in [0, 0.1) is 0 Å². The maximum Gasteiger partial charge on any atom is 0.385 e. The zero-order valence-corrected chi connectivity index (χ0v) is 5.88. The molecule has 0 fully saturated rings. The third-order valence-electron chi connectivity index (χ3n) is 0.566. The van der Waals surface area contributed by atoms with Crippen molar-refractivity contribution >= 4 is 10.2 Å². The van der Waals surface area contributed by atoms with E-state index in [1.807, 2.05) is 0 Å². The first kappa shape index (κ1) is 10.6. The molecule has 0 aromatic heterocycles. The van der Waals surface area contributed by atoms with E-state index in [0.717, 1.165) is 0 Å². The lowest BCUT2D eigenvalue weighted by molar-refractivity contribution is -0.235. The standard InChI is InChI=1S/C3H4F4O3S/c4-1-3(5,6)10-2-11(7,8)9/h1-2H2. The van der Waals surface area contributed by atoms with E-state index in [2.05, 4.69) is 4.74 Å². The van der Waals surface area contributed by atoms with E-state index >= 15 is 0 Å². The molecule has 0 saturated heterocycles. The lowest BCUT2D eigenvalue weighted by Crippen LogP contribution is -2.25.